The van der Waals surface area contributed by atoms with E-state index in [1.165, 1.54) is 18.2 Å². The van der Waals surface area contributed by atoms with Crippen molar-refractivity contribution in [1.29, 1.82) is 0 Å². The van der Waals surface area contributed by atoms with Gasteiger partial charge < -0.3 is 57.7 Å². The van der Waals surface area contributed by atoms with Gasteiger partial charge in [-0.2, -0.15) is 0 Å². The van der Waals surface area contributed by atoms with Crippen LogP contribution in [0.15, 0.2) is 72.8 Å². The van der Waals surface area contributed by atoms with Gasteiger partial charge in [-0.05, 0) is 130 Å². The minimum absolute atomic E-state index is 0.0756. The van der Waals surface area contributed by atoms with Gasteiger partial charge in [-0.3, -0.25) is 43.3 Å². The summed E-state index contributed by atoms with van der Waals surface area (Å²) in [6.45, 7) is 16.8. The van der Waals surface area contributed by atoms with Gasteiger partial charge in [0.1, 0.15) is 30.8 Å². The van der Waals surface area contributed by atoms with E-state index in [2.05, 4.69) is 42.5 Å². The highest BCUT2D eigenvalue weighted by Gasteiger charge is 2.43. The van der Waals surface area contributed by atoms with Crippen molar-refractivity contribution >= 4 is 71.0 Å². The number of nitrogens with zero attached hydrogens (tertiary/aromatic N) is 1. The Balaban J connectivity index is 1.12. The van der Waals surface area contributed by atoms with Crippen LogP contribution in [0.25, 0.3) is 0 Å². The molecule has 1 fully saturated rings. The number of hydrogen-bond acceptors (Lipinski definition) is 13. The molecular weight excluding hydrogens is 1090 g/mol. The molecule has 10 N–H and O–H groups in total. The molecular formula is C62H88N10O13. The fraction of sp³-hybridized carbons (Fsp3) is 0.565. The number of hydrogen-bond donors (Lipinski definition) is 9. The summed E-state index contributed by atoms with van der Waals surface area (Å²) in [4.78, 5) is 143. The number of nitrogens with two attached hydrogens (primary N) is 1. The number of anilines is 1. The average molecular weight is 1180 g/mol. The lowest BCUT2D eigenvalue weighted by Gasteiger charge is -2.44. The predicted molar refractivity (Wildman–Crippen MR) is 317 cm³/mol. The summed E-state index contributed by atoms with van der Waals surface area (Å²) in [5.74, 6) is -4.36. The second kappa shape index (κ2) is 31.7. The number of benzene rings is 2. The zero-order valence-electron chi connectivity index (χ0n) is 50.6. The van der Waals surface area contributed by atoms with Crippen LogP contribution in [0.1, 0.15) is 149 Å². The van der Waals surface area contributed by atoms with E-state index in [0.29, 0.717) is 36.9 Å². The number of nitrogens with one attached hydrogen (secondary N) is 8. The van der Waals surface area contributed by atoms with Crippen molar-refractivity contribution in [1.82, 2.24) is 42.1 Å². The molecule has 8 atom stereocenters. The number of cyclic esters (lactones) is 1. The number of ether oxygens (including phenoxy) is 2. The number of alkyl carbamates (subject to hydrolysis) is 1. The molecule has 85 heavy (non-hydrogen) atoms. The van der Waals surface area contributed by atoms with Crippen LogP contribution >= 0.6 is 0 Å². The number of primary amides is 1. The lowest BCUT2D eigenvalue weighted by molar-refractivity contribution is -0.159. The van der Waals surface area contributed by atoms with Crippen molar-refractivity contribution in [3.63, 3.8) is 0 Å². The molecule has 0 spiro atoms. The molecule has 0 bridgehead atoms. The zero-order chi connectivity index (χ0) is 62.6. The molecule has 2 aromatic carbocycles. The molecule has 2 unspecified atom stereocenters. The van der Waals surface area contributed by atoms with Crippen LogP contribution < -0.4 is 48.3 Å². The normalized spacial score (nSPS) is 21.6. The van der Waals surface area contributed by atoms with E-state index < -0.39 is 83.3 Å². The van der Waals surface area contributed by atoms with Crippen molar-refractivity contribution in [3.05, 3.63) is 89.5 Å². The van der Waals surface area contributed by atoms with E-state index in [-0.39, 0.29) is 105 Å². The van der Waals surface area contributed by atoms with Crippen LogP contribution in [0, 0.1) is 28.6 Å². The van der Waals surface area contributed by atoms with Crippen molar-refractivity contribution in [3.8, 4) is 0 Å². The molecule has 464 valence electrons. The molecule has 5 rings (SSSR count). The quantitative estimate of drug-likeness (QED) is 0.0372. The highest BCUT2D eigenvalue weighted by Crippen LogP contribution is 2.48. The summed E-state index contributed by atoms with van der Waals surface area (Å²) in [7, 11) is 0. The van der Waals surface area contributed by atoms with Gasteiger partial charge in [0.2, 0.25) is 35.4 Å². The standard InChI is InChI=1S/C62H88N10O13/c1-37(2)54(71-50(74)17-11-10-12-32-72-52(76)29-30-53(72)77)56(79)69-46(15-14-31-64-59(63)82)55(78)68-43-25-21-41(22-26-43)36-84-60(83)66-34-40-19-23-42(24-20-40)45-28-27-44(45)38(3)48-16-13-18-49(73)65-35-51(75)67-39(4)62(8,9)58(81)70-47(57(80)85-48)33-61(5,6)7/h13,18-26,29-30,37-39,44-48,54H,10-12,14-17,27-28,31-36H2,1-9H3,(H,65,73)(H,66,83)(H,67,75)(H,68,78)(H,69,79)(H,70,81)(H,71,74)(H3,63,64,82)/b18-13+/t38-,39+,44-,45-,46?,47?,48+,54+/m1/s1. The number of imide groups is 1. The Hall–Kier alpha value is -8.11. The fourth-order valence-electron chi connectivity index (χ4n) is 10.2. The Morgan fingerprint density at radius 1 is 0.812 bits per heavy atom. The Morgan fingerprint density at radius 3 is 2.11 bits per heavy atom. The predicted octanol–water partition coefficient (Wildman–Crippen LogP) is 5.18. The molecule has 23 heteroatoms. The number of carbonyl (C=O) groups is 11. The number of rotatable bonds is 24. The van der Waals surface area contributed by atoms with Crippen molar-refractivity contribution < 1.29 is 62.2 Å². The summed E-state index contributed by atoms with van der Waals surface area (Å²) in [6, 6.07) is 10.1. The first-order valence-electron chi connectivity index (χ1n) is 29.4. The van der Waals surface area contributed by atoms with Crippen LogP contribution in [0.2, 0.25) is 0 Å². The molecule has 2 heterocycles. The van der Waals surface area contributed by atoms with Gasteiger partial charge in [0, 0.05) is 56.4 Å². The third-order valence-electron chi connectivity index (χ3n) is 15.9. The van der Waals surface area contributed by atoms with Gasteiger partial charge in [-0.1, -0.05) is 90.4 Å². The maximum absolute atomic E-state index is 14.1. The smallest absolute Gasteiger partial charge is 0.407 e. The second-order valence-electron chi connectivity index (χ2n) is 24.5. The van der Waals surface area contributed by atoms with Gasteiger partial charge in [-0.15, -0.1) is 0 Å². The molecule has 0 radical (unpaired) electrons. The van der Waals surface area contributed by atoms with Crippen LogP contribution in [0.5, 0.6) is 0 Å². The van der Waals surface area contributed by atoms with E-state index in [4.69, 9.17) is 15.2 Å². The van der Waals surface area contributed by atoms with E-state index in [9.17, 15) is 52.7 Å². The SMILES string of the molecule is CC(C)[C@H](NC(=O)CCCCCN1C(=O)C=CC1=O)C(=O)NC(CCCNC(N)=O)C(=O)Nc1ccc(COC(=O)NCc2ccc([C@H]3CC[C@@H]3[C@@H](C)[C@@H]3C/C=C/C(=O)NCC(=O)N[C@@H](C)C(C)(C)C(=O)NC(CC(C)(C)C)C(=O)O3)cc2)cc1. The van der Waals surface area contributed by atoms with Crippen molar-refractivity contribution in [2.24, 2.45) is 34.3 Å². The average Bonchev–Trinajstić information content (AvgIpc) is 3.00. The summed E-state index contributed by atoms with van der Waals surface area (Å²) in [6.07, 6.45) is 8.53. The molecule has 3 aliphatic rings. The number of carbonyl (C=O) groups excluding carboxylic acids is 11. The highest BCUT2D eigenvalue weighted by molar-refractivity contribution is 6.12. The molecule has 11 amide bonds. The molecule has 1 saturated carbocycles. The molecule has 23 nitrogen and oxygen atoms in total. The third-order valence-corrected chi connectivity index (χ3v) is 15.9. The van der Waals surface area contributed by atoms with Gasteiger partial charge in [-0.25, -0.2) is 14.4 Å². The summed E-state index contributed by atoms with van der Waals surface area (Å²) < 4.78 is 11.8. The zero-order valence-corrected chi connectivity index (χ0v) is 50.6. The van der Waals surface area contributed by atoms with Gasteiger partial charge in [0.25, 0.3) is 11.8 Å². The van der Waals surface area contributed by atoms with Crippen LogP contribution in [-0.2, 0) is 65.8 Å². The largest absolute Gasteiger partial charge is 0.460 e. The van der Waals surface area contributed by atoms with E-state index in [0.717, 1.165) is 28.9 Å². The monoisotopic (exact) mass is 1180 g/mol. The lowest BCUT2D eigenvalue weighted by atomic mass is 9.63. The Labute approximate surface area is 498 Å². The summed E-state index contributed by atoms with van der Waals surface area (Å²) in [5.41, 5.74) is 6.69. The van der Waals surface area contributed by atoms with Crippen molar-refractivity contribution in [2.75, 3.05) is 25.0 Å². The lowest BCUT2D eigenvalue weighted by Crippen LogP contribution is -2.56. The third kappa shape index (κ3) is 21.5. The van der Waals surface area contributed by atoms with Crippen molar-refractivity contribution in [2.45, 2.75) is 176 Å². The maximum Gasteiger partial charge on any atom is 0.407 e. The fourth-order valence-corrected chi connectivity index (χ4v) is 10.2. The first-order chi connectivity index (χ1) is 40.1. The molecule has 0 aromatic heterocycles. The number of esters is 1. The Kier molecular flexibility index (Phi) is 25.2. The first kappa shape index (κ1) is 67.7. The van der Waals surface area contributed by atoms with Gasteiger partial charge >= 0.3 is 18.1 Å². The maximum atomic E-state index is 14.1. The molecule has 1 aliphatic carbocycles. The van der Waals surface area contributed by atoms with Gasteiger partial charge in [0.15, 0.2) is 0 Å². The molecule has 0 saturated heterocycles. The molecule has 2 aliphatic heterocycles. The second-order valence-corrected chi connectivity index (χ2v) is 24.5. The highest BCUT2D eigenvalue weighted by atomic mass is 16.6. The number of amides is 11. The molecule has 2 aromatic rings. The summed E-state index contributed by atoms with van der Waals surface area (Å²) in [5, 5.41) is 21.9. The van der Waals surface area contributed by atoms with Crippen LogP contribution in [-0.4, -0.2) is 120 Å². The topological polar surface area (TPSA) is 332 Å². The minimum atomic E-state index is -1.11. The first-order valence-corrected chi connectivity index (χ1v) is 29.4. The van der Waals surface area contributed by atoms with Crippen LogP contribution in [0.4, 0.5) is 15.3 Å². The Bertz CT molecular complexity index is 2760. The van der Waals surface area contributed by atoms with Crippen LogP contribution in [0.3, 0.4) is 0 Å². The van der Waals surface area contributed by atoms with E-state index >= 15 is 0 Å². The summed E-state index contributed by atoms with van der Waals surface area (Å²) >= 11 is 0. The van der Waals surface area contributed by atoms with Gasteiger partial charge in [0.05, 0.1) is 12.0 Å². The number of unbranched alkanes of at least 4 members (excludes halogenated alkanes) is 2. The Morgan fingerprint density at radius 2 is 1.48 bits per heavy atom. The number of urea groups is 1. The van der Waals surface area contributed by atoms with E-state index in [1.807, 2.05) is 52.0 Å². The minimum Gasteiger partial charge on any atom is -0.460 e. The van der Waals surface area contributed by atoms with E-state index in [1.54, 1.807) is 65.0 Å².